The summed E-state index contributed by atoms with van der Waals surface area (Å²) in [5.41, 5.74) is -0.402. The molecular formula is C15H8BrF6N3O3S. The maximum Gasteiger partial charge on any atom is 0.573 e. The van der Waals surface area contributed by atoms with Crippen molar-refractivity contribution in [1.29, 1.82) is 0 Å². The van der Waals surface area contributed by atoms with Crippen molar-refractivity contribution >= 4 is 42.7 Å². The van der Waals surface area contributed by atoms with Gasteiger partial charge in [0.25, 0.3) is 10.0 Å². The van der Waals surface area contributed by atoms with Crippen LogP contribution in [-0.4, -0.2) is 24.7 Å². The Kier molecular flexibility index (Phi) is 5.19. The molecule has 156 valence electrons. The number of benzene rings is 2. The van der Waals surface area contributed by atoms with Crippen molar-refractivity contribution in [3.8, 4) is 5.75 Å². The summed E-state index contributed by atoms with van der Waals surface area (Å²) in [5.74, 6) is -2.26. The molecule has 2 N–H and O–H groups in total. The summed E-state index contributed by atoms with van der Waals surface area (Å²) < 4.78 is 107. The normalized spacial score (nSPS) is 12.9. The van der Waals surface area contributed by atoms with Gasteiger partial charge in [0.1, 0.15) is 4.90 Å². The molecular weight excluding hydrogens is 496 g/mol. The first-order chi connectivity index (χ1) is 13.2. The van der Waals surface area contributed by atoms with Crippen molar-refractivity contribution in [1.82, 2.24) is 9.97 Å². The van der Waals surface area contributed by atoms with Crippen LogP contribution in [0.25, 0.3) is 11.0 Å². The van der Waals surface area contributed by atoms with Crippen LogP contribution < -0.4 is 9.46 Å². The molecule has 0 aliphatic heterocycles. The highest BCUT2D eigenvalue weighted by molar-refractivity contribution is 9.10. The molecule has 0 unspecified atom stereocenters. The monoisotopic (exact) mass is 503 g/mol. The standard InChI is InChI=1S/C15H8BrF6N3O3S/c16-7-1-4-12(11(5-7)28-15(20,21)22)29(26,27)25-8-2-3-9-10(6-8)24-13(23-9)14(17,18)19/h1-6,25H,(H,23,24). The van der Waals surface area contributed by atoms with Crippen LogP contribution in [0.1, 0.15) is 5.82 Å². The molecule has 1 heterocycles. The van der Waals surface area contributed by atoms with E-state index in [4.69, 9.17) is 0 Å². The fourth-order valence-corrected chi connectivity index (χ4v) is 3.83. The fraction of sp³-hybridized carbons (Fsp3) is 0.133. The number of halogens is 7. The zero-order valence-electron chi connectivity index (χ0n) is 13.7. The van der Waals surface area contributed by atoms with Gasteiger partial charge in [0.2, 0.25) is 5.82 Å². The second-order valence-corrected chi connectivity index (χ2v) is 8.13. The number of aromatic amines is 1. The molecule has 3 rings (SSSR count). The van der Waals surface area contributed by atoms with Crippen molar-refractivity contribution in [3.63, 3.8) is 0 Å². The van der Waals surface area contributed by atoms with Gasteiger partial charge in [-0.15, -0.1) is 13.2 Å². The highest BCUT2D eigenvalue weighted by Crippen LogP contribution is 2.34. The molecule has 0 amide bonds. The summed E-state index contributed by atoms with van der Waals surface area (Å²) in [5, 5.41) is 0. The van der Waals surface area contributed by atoms with Gasteiger partial charge in [-0.05, 0) is 36.4 Å². The van der Waals surface area contributed by atoms with Crippen molar-refractivity contribution < 1.29 is 39.5 Å². The van der Waals surface area contributed by atoms with Crippen LogP contribution >= 0.6 is 15.9 Å². The molecule has 0 aliphatic carbocycles. The number of aromatic nitrogens is 2. The van der Waals surface area contributed by atoms with Crippen molar-refractivity contribution in [2.24, 2.45) is 0 Å². The highest BCUT2D eigenvalue weighted by Gasteiger charge is 2.35. The van der Waals surface area contributed by atoms with E-state index in [0.29, 0.717) is 0 Å². The molecule has 0 radical (unpaired) electrons. The number of nitrogens with one attached hydrogen (secondary N) is 2. The Balaban J connectivity index is 1.97. The van der Waals surface area contributed by atoms with Gasteiger partial charge in [-0.3, -0.25) is 4.72 Å². The van der Waals surface area contributed by atoms with Crippen molar-refractivity contribution in [2.75, 3.05) is 4.72 Å². The van der Waals surface area contributed by atoms with Crippen molar-refractivity contribution in [2.45, 2.75) is 17.4 Å². The number of H-pyrrole nitrogens is 1. The SMILES string of the molecule is O=S(=O)(Nc1ccc2nc(C(F)(F)F)[nH]c2c1)c1ccc(Br)cc1OC(F)(F)F. The van der Waals surface area contributed by atoms with Crippen LogP contribution in [0.5, 0.6) is 5.75 Å². The number of alkyl halides is 6. The van der Waals surface area contributed by atoms with E-state index in [-0.39, 0.29) is 21.2 Å². The van der Waals surface area contributed by atoms with Crippen LogP contribution in [0.2, 0.25) is 0 Å². The molecule has 29 heavy (non-hydrogen) atoms. The van der Waals surface area contributed by atoms with Crippen LogP contribution in [-0.2, 0) is 16.2 Å². The summed E-state index contributed by atoms with van der Waals surface area (Å²) in [6, 6.07) is 6.14. The first-order valence-electron chi connectivity index (χ1n) is 7.40. The Hall–Kier alpha value is -2.48. The average molecular weight is 504 g/mol. The zero-order valence-corrected chi connectivity index (χ0v) is 16.1. The molecule has 0 atom stereocenters. The number of sulfonamides is 1. The van der Waals surface area contributed by atoms with E-state index < -0.39 is 39.0 Å². The minimum absolute atomic E-state index is 0.0787. The summed E-state index contributed by atoms with van der Waals surface area (Å²) in [6.45, 7) is 0. The smallest absolute Gasteiger partial charge is 0.404 e. The van der Waals surface area contributed by atoms with Crippen LogP contribution in [0.4, 0.5) is 32.0 Å². The number of ether oxygens (including phenoxy) is 1. The lowest BCUT2D eigenvalue weighted by atomic mass is 10.3. The molecule has 0 spiro atoms. The average Bonchev–Trinajstić information content (AvgIpc) is 2.96. The lowest BCUT2D eigenvalue weighted by Gasteiger charge is -2.15. The fourth-order valence-electron chi connectivity index (χ4n) is 2.33. The Morgan fingerprint density at radius 2 is 1.72 bits per heavy atom. The number of anilines is 1. The van der Waals surface area contributed by atoms with E-state index in [1.807, 2.05) is 9.71 Å². The molecule has 0 saturated carbocycles. The predicted octanol–water partition coefficient (Wildman–Crippen LogP) is 5.04. The Morgan fingerprint density at radius 1 is 1.03 bits per heavy atom. The van der Waals surface area contributed by atoms with E-state index in [1.54, 1.807) is 0 Å². The number of fused-ring (bicyclic) bond motifs is 1. The van der Waals surface area contributed by atoms with E-state index in [0.717, 1.165) is 30.3 Å². The molecule has 14 heteroatoms. The molecule has 0 saturated heterocycles. The van der Waals surface area contributed by atoms with Crippen LogP contribution in [0.15, 0.2) is 45.8 Å². The zero-order chi connectivity index (χ0) is 21.6. The lowest BCUT2D eigenvalue weighted by molar-refractivity contribution is -0.275. The topological polar surface area (TPSA) is 84.1 Å². The summed E-state index contributed by atoms with van der Waals surface area (Å²) in [6.07, 6.45) is -9.88. The van der Waals surface area contributed by atoms with Gasteiger partial charge in [-0.1, -0.05) is 15.9 Å². The summed E-state index contributed by atoms with van der Waals surface area (Å²) in [7, 11) is -4.58. The first-order valence-corrected chi connectivity index (χ1v) is 9.67. The highest BCUT2D eigenvalue weighted by atomic mass is 79.9. The Bertz CT molecular complexity index is 1170. The first kappa shape index (κ1) is 21.2. The lowest BCUT2D eigenvalue weighted by Crippen LogP contribution is -2.21. The molecule has 0 bridgehead atoms. The molecule has 0 fully saturated rings. The summed E-state index contributed by atoms with van der Waals surface area (Å²) >= 11 is 2.92. The van der Waals surface area contributed by atoms with Gasteiger partial charge in [-0.25, -0.2) is 13.4 Å². The van der Waals surface area contributed by atoms with Gasteiger partial charge in [0.05, 0.1) is 16.7 Å². The minimum Gasteiger partial charge on any atom is -0.404 e. The van der Waals surface area contributed by atoms with Gasteiger partial charge in [0, 0.05) is 4.47 Å². The predicted molar refractivity (Wildman–Crippen MR) is 92.7 cm³/mol. The number of nitrogens with zero attached hydrogens (tertiary/aromatic N) is 1. The maximum atomic E-state index is 12.7. The minimum atomic E-state index is -5.14. The van der Waals surface area contributed by atoms with E-state index in [9.17, 15) is 34.8 Å². The van der Waals surface area contributed by atoms with Gasteiger partial charge >= 0.3 is 12.5 Å². The third-order valence-corrected chi connectivity index (χ3v) is 5.34. The second kappa shape index (κ2) is 7.09. The van der Waals surface area contributed by atoms with E-state index in [2.05, 4.69) is 25.7 Å². The molecule has 1 aromatic heterocycles. The largest absolute Gasteiger partial charge is 0.573 e. The van der Waals surface area contributed by atoms with E-state index >= 15 is 0 Å². The van der Waals surface area contributed by atoms with Gasteiger partial charge in [-0.2, -0.15) is 13.2 Å². The van der Waals surface area contributed by atoms with Gasteiger partial charge in [0.15, 0.2) is 5.75 Å². The summed E-state index contributed by atoms with van der Waals surface area (Å²) in [4.78, 5) is 4.52. The molecule has 6 nitrogen and oxygen atoms in total. The number of hydrogen-bond donors (Lipinski definition) is 2. The Morgan fingerprint density at radius 3 is 2.34 bits per heavy atom. The van der Waals surface area contributed by atoms with Crippen LogP contribution in [0.3, 0.4) is 0 Å². The molecule has 2 aromatic carbocycles. The Labute approximate surface area is 167 Å². The number of hydrogen-bond acceptors (Lipinski definition) is 4. The quantitative estimate of drug-likeness (QED) is 0.488. The third-order valence-electron chi connectivity index (χ3n) is 3.42. The number of imidazole rings is 1. The number of rotatable bonds is 4. The second-order valence-electron chi connectivity index (χ2n) is 5.56. The molecule has 3 aromatic rings. The van der Waals surface area contributed by atoms with E-state index in [1.165, 1.54) is 6.07 Å². The third kappa shape index (κ3) is 4.93. The van der Waals surface area contributed by atoms with Crippen LogP contribution in [0, 0.1) is 0 Å². The van der Waals surface area contributed by atoms with Crippen molar-refractivity contribution in [3.05, 3.63) is 46.7 Å². The maximum absolute atomic E-state index is 12.7. The van der Waals surface area contributed by atoms with Gasteiger partial charge < -0.3 is 9.72 Å². The molecule has 0 aliphatic rings.